The van der Waals surface area contributed by atoms with Crippen molar-refractivity contribution >= 4 is 0 Å². The maximum atomic E-state index is 3.64. The first-order valence-electron chi connectivity index (χ1n) is 7.84. The molecule has 2 fully saturated rings. The number of hydrogen-bond acceptors (Lipinski definition) is 2. The van der Waals surface area contributed by atoms with Gasteiger partial charge < -0.3 is 5.32 Å². The second-order valence-electron chi connectivity index (χ2n) is 6.14. The fraction of sp³-hybridized carbons (Fsp3) is 0.647. The summed E-state index contributed by atoms with van der Waals surface area (Å²) in [5.74, 6) is 0. The molecule has 1 unspecified atom stereocenters. The first-order valence-corrected chi connectivity index (χ1v) is 7.84. The van der Waals surface area contributed by atoms with Crippen molar-refractivity contribution in [1.29, 1.82) is 0 Å². The molecule has 1 aromatic rings. The minimum Gasteiger partial charge on any atom is -0.311 e. The topological polar surface area (TPSA) is 15.3 Å². The summed E-state index contributed by atoms with van der Waals surface area (Å²) in [5, 5.41) is 3.64. The average Bonchev–Trinajstić information content (AvgIpc) is 3.12. The molecule has 1 aromatic carbocycles. The summed E-state index contributed by atoms with van der Waals surface area (Å²) < 4.78 is 0. The molecular formula is C17H26N2. The van der Waals surface area contributed by atoms with Gasteiger partial charge in [0.05, 0.1) is 6.04 Å². The van der Waals surface area contributed by atoms with Gasteiger partial charge >= 0.3 is 0 Å². The molecule has 1 heterocycles. The zero-order valence-electron chi connectivity index (χ0n) is 12.1. The number of benzene rings is 1. The quantitative estimate of drug-likeness (QED) is 0.891. The van der Waals surface area contributed by atoms with Crippen molar-refractivity contribution in [2.75, 3.05) is 20.1 Å². The van der Waals surface area contributed by atoms with E-state index in [0.29, 0.717) is 11.6 Å². The Balaban J connectivity index is 1.93. The standard InChI is InChI=1S/C17H26N2/c1-18-16(15-9-3-2-4-10-15)17(11-5-6-12-17)19-13-7-8-14-19/h2-4,9-10,16,18H,5-8,11-14H2,1H3. The predicted molar refractivity (Wildman–Crippen MR) is 80.2 cm³/mol. The first kappa shape index (κ1) is 13.1. The van der Waals surface area contributed by atoms with Crippen molar-refractivity contribution in [1.82, 2.24) is 10.2 Å². The largest absolute Gasteiger partial charge is 0.311 e. The highest BCUT2D eigenvalue weighted by Crippen LogP contribution is 2.45. The van der Waals surface area contributed by atoms with Crippen molar-refractivity contribution in [3.63, 3.8) is 0 Å². The Morgan fingerprint density at radius 3 is 2.21 bits per heavy atom. The summed E-state index contributed by atoms with van der Waals surface area (Å²) in [6.45, 7) is 2.59. The van der Waals surface area contributed by atoms with Crippen LogP contribution >= 0.6 is 0 Å². The van der Waals surface area contributed by atoms with Crippen LogP contribution in [0, 0.1) is 0 Å². The van der Waals surface area contributed by atoms with Gasteiger partial charge in [-0.15, -0.1) is 0 Å². The van der Waals surface area contributed by atoms with Crippen LogP contribution in [0.15, 0.2) is 30.3 Å². The van der Waals surface area contributed by atoms with E-state index in [4.69, 9.17) is 0 Å². The molecule has 1 atom stereocenters. The van der Waals surface area contributed by atoms with Gasteiger partial charge in [-0.1, -0.05) is 43.2 Å². The molecule has 1 aliphatic carbocycles. The smallest absolute Gasteiger partial charge is 0.0504 e. The molecular weight excluding hydrogens is 232 g/mol. The van der Waals surface area contributed by atoms with Crippen LogP contribution in [-0.4, -0.2) is 30.6 Å². The van der Waals surface area contributed by atoms with E-state index in [2.05, 4.69) is 47.6 Å². The third kappa shape index (κ3) is 2.32. The van der Waals surface area contributed by atoms with Crippen molar-refractivity contribution in [3.05, 3.63) is 35.9 Å². The Hall–Kier alpha value is -0.860. The fourth-order valence-corrected chi connectivity index (χ4v) is 4.33. The van der Waals surface area contributed by atoms with Crippen LogP contribution in [0.5, 0.6) is 0 Å². The molecule has 2 nitrogen and oxygen atoms in total. The minimum atomic E-state index is 0.368. The molecule has 104 valence electrons. The highest BCUT2D eigenvalue weighted by Gasteiger charge is 2.46. The van der Waals surface area contributed by atoms with Crippen LogP contribution in [0.25, 0.3) is 0 Å². The van der Waals surface area contributed by atoms with Gasteiger partial charge in [0, 0.05) is 5.54 Å². The molecule has 2 aliphatic rings. The minimum absolute atomic E-state index is 0.368. The Morgan fingerprint density at radius 2 is 1.63 bits per heavy atom. The highest BCUT2D eigenvalue weighted by molar-refractivity contribution is 5.24. The summed E-state index contributed by atoms with van der Waals surface area (Å²) in [5.41, 5.74) is 1.82. The number of nitrogens with one attached hydrogen (secondary N) is 1. The highest BCUT2D eigenvalue weighted by atomic mass is 15.2. The van der Waals surface area contributed by atoms with E-state index in [-0.39, 0.29) is 0 Å². The summed E-state index contributed by atoms with van der Waals surface area (Å²) in [6, 6.07) is 11.5. The molecule has 0 amide bonds. The van der Waals surface area contributed by atoms with E-state index < -0.39 is 0 Å². The Bertz CT molecular complexity index is 389. The van der Waals surface area contributed by atoms with Crippen LogP contribution in [0.4, 0.5) is 0 Å². The van der Waals surface area contributed by atoms with E-state index in [9.17, 15) is 0 Å². The number of rotatable bonds is 4. The van der Waals surface area contributed by atoms with Crippen LogP contribution < -0.4 is 5.32 Å². The van der Waals surface area contributed by atoms with Gasteiger partial charge in [-0.2, -0.15) is 0 Å². The monoisotopic (exact) mass is 258 g/mol. The molecule has 1 aliphatic heterocycles. The second-order valence-corrected chi connectivity index (χ2v) is 6.14. The molecule has 1 saturated heterocycles. The van der Waals surface area contributed by atoms with Gasteiger partial charge in [0.2, 0.25) is 0 Å². The number of likely N-dealkylation sites (N-methyl/N-ethyl adjacent to an activating group) is 1. The van der Waals surface area contributed by atoms with E-state index in [1.54, 1.807) is 0 Å². The van der Waals surface area contributed by atoms with E-state index in [1.807, 2.05) is 0 Å². The maximum Gasteiger partial charge on any atom is 0.0504 e. The van der Waals surface area contributed by atoms with Gasteiger partial charge in [0.25, 0.3) is 0 Å². The molecule has 0 aromatic heterocycles. The number of likely N-dealkylation sites (tertiary alicyclic amines) is 1. The second kappa shape index (κ2) is 5.64. The number of hydrogen-bond donors (Lipinski definition) is 1. The maximum absolute atomic E-state index is 3.64. The fourth-order valence-electron chi connectivity index (χ4n) is 4.33. The molecule has 0 radical (unpaired) electrons. The molecule has 1 N–H and O–H groups in total. The van der Waals surface area contributed by atoms with Gasteiger partial charge in [-0.25, -0.2) is 0 Å². The van der Waals surface area contributed by atoms with E-state index >= 15 is 0 Å². The molecule has 0 spiro atoms. The van der Waals surface area contributed by atoms with Gasteiger partial charge in [-0.3, -0.25) is 4.90 Å². The molecule has 2 heteroatoms. The lowest BCUT2D eigenvalue weighted by molar-refractivity contribution is 0.0796. The zero-order chi connectivity index (χ0) is 13.1. The van der Waals surface area contributed by atoms with Crippen LogP contribution in [0.3, 0.4) is 0 Å². The predicted octanol–water partition coefficient (Wildman–Crippen LogP) is 3.36. The molecule has 0 bridgehead atoms. The zero-order valence-corrected chi connectivity index (χ0v) is 12.1. The third-order valence-electron chi connectivity index (χ3n) is 5.16. The SMILES string of the molecule is CNC(c1ccccc1)C1(N2CCCC2)CCCC1. The third-order valence-corrected chi connectivity index (χ3v) is 5.16. The van der Waals surface area contributed by atoms with Crippen molar-refractivity contribution < 1.29 is 0 Å². The van der Waals surface area contributed by atoms with Crippen LogP contribution in [0.2, 0.25) is 0 Å². The summed E-state index contributed by atoms with van der Waals surface area (Å²) >= 11 is 0. The van der Waals surface area contributed by atoms with Crippen molar-refractivity contribution in [2.24, 2.45) is 0 Å². The molecule has 1 saturated carbocycles. The normalized spacial score (nSPS) is 24.7. The Kier molecular flexibility index (Phi) is 3.90. The van der Waals surface area contributed by atoms with E-state index in [0.717, 1.165) is 0 Å². The lowest BCUT2D eigenvalue weighted by Crippen LogP contribution is -2.53. The number of nitrogens with zero attached hydrogens (tertiary/aromatic N) is 1. The Morgan fingerprint density at radius 1 is 1.00 bits per heavy atom. The van der Waals surface area contributed by atoms with E-state index in [1.165, 1.54) is 57.2 Å². The lowest BCUT2D eigenvalue weighted by atomic mass is 9.82. The first-order chi connectivity index (χ1) is 9.37. The van der Waals surface area contributed by atoms with Crippen LogP contribution in [0.1, 0.15) is 50.1 Å². The Labute approximate surface area is 117 Å². The summed E-state index contributed by atoms with van der Waals surface area (Å²) in [4.78, 5) is 2.79. The molecule has 3 rings (SSSR count). The van der Waals surface area contributed by atoms with Gasteiger partial charge in [-0.05, 0) is 51.4 Å². The molecule has 19 heavy (non-hydrogen) atoms. The van der Waals surface area contributed by atoms with Crippen molar-refractivity contribution in [3.8, 4) is 0 Å². The average molecular weight is 258 g/mol. The lowest BCUT2D eigenvalue weighted by Gasteiger charge is -2.45. The van der Waals surface area contributed by atoms with Crippen molar-refractivity contribution in [2.45, 2.75) is 50.1 Å². The van der Waals surface area contributed by atoms with Gasteiger partial charge in [0.1, 0.15) is 0 Å². The summed E-state index contributed by atoms with van der Waals surface area (Å²) in [7, 11) is 2.13. The summed E-state index contributed by atoms with van der Waals surface area (Å²) in [6.07, 6.45) is 8.25. The van der Waals surface area contributed by atoms with Gasteiger partial charge in [0.15, 0.2) is 0 Å². The van der Waals surface area contributed by atoms with Crippen LogP contribution in [-0.2, 0) is 0 Å².